The summed E-state index contributed by atoms with van der Waals surface area (Å²) in [6, 6.07) is 6.76. The van der Waals surface area contributed by atoms with E-state index in [9.17, 15) is 14.4 Å². The van der Waals surface area contributed by atoms with Crippen molar-refractivity contribution >= 4 is 17.5 Å². The van der Waals surface area contributed by atoms with E-state index < -0.39 is 0 Å². The van der Waals surface area contributed by atoms with Crippen molar-refractivity contribution < 1.29 is 19.0 Å². The number of aryl methyl sites for hydroxylation is 1. The number of carbonyl (C=O) groups is 3. The molecule has 0 saturated heterocycles. The van der Waals surface area contributed by atoms with Crippen LogP contribution in [-0.4, -0.2) is 41.0 Å². The highest BCUT2D eigenvalue weighted by molar-refractivity contribution is 6.26. The molecular weight excluding hydrogens is 282 g/mol. The highest BCUT2D eigenvalue weighted by Gasteiger charge is 2.40. The van der Waals surface area contributed by atoms with Crippen LogP contribution >= 0.6 is 0 Å². The van der Waals surface area contributed by atoms with Crippen LogP contribution in [0.25, 0.3) is 0 Å². The summed E-state index contributed by atoms with van der Waals surface area (Å²) < 4.78 is 3.16. The second-order valence-corrected chi connectivity index (χ2v) is 5.54. The molecule has 1 aliphatic carbocycles. The lowest BCUT2D eigenvalue weighted by Gasteiger charge is -2.13. The molecule has 0 N–H and O–H groups in total. The summed E-state index contributed by atoms with van der Waals surface area (Å²) >= 11 is 0. The minimum absolute atomic E-state index is 0.0252. The zero-order valence-electron chi connectivity index (χ0n) is 12.7. The van der Waals surface area contributed by atoms with Crippen molar-refractivity contribution in [2.24, 2.45) is 7.05 Å². The third-order valence-corrected chi connectivity index (χ3v) is 3.83. The van der Waals surface area contributed by atoms with E-state index in [0.717, 1.165) is 0 Å². The monoisotopic (exact) mass is 298 g/mol. The summed E-state index contributed by atoms with van der Waals surface area (Å²) in [5, 5.41) is 0. The van der Waals surface area contributed by atoms with Gasteiger partial charge in [-0.25, -0.2) is 9.13 Å². The number of hydrogen-bond acceptors (Lipinski definition) is 3. The number of imidazole rings is 1. The van der Waals surface area contributed by atoms with Gasteiger partial charge in [0.1, 0.15) is 0 Å². The molecular formula is C16H16N3O3+. The summed E-state index contributed by atoms with van der Waals surface area (Å²) in [6.07, 6.45) is 1.62. The van der Waals surface area contributed by atoms with Gasteiger partial charge in [0.05, 0.1) is 7.05 Å². The Balaban J connectivity index is 2.16. The predicted octanol–water partition coefficient (Wildman–Crippen LogP) is 0.176. The van der Waals surface area contributed by atoms with Gasteiger partial charge in [0.15, 0.2) is 6.54 Å². The van der Waals surface area contributed by atoms with Crippen LogP contribution in [0.1, 0.15) is 32.1 Å². The van der Waals surface area contributed by atoms with E-state index in [1.165, 1.54) is 4.90 Å². The molecule has 0 aliphatic heterocycles. The largest absolute Gasteiger partial charge is 0.345 e. The number of nitrogens with zero attached hydrogens (tertiary/aromatic N) is 3. The Kier molecular flexibility index (Phi) is 3.16. The summed E-state index contributed by atoms with van der Waals surface area (Å²) in [6.45, 7) is 0.0252. The first-order chi connectivity index (χ1) is 10.4. The molecule has 1 heterocycles. The molecule has 2 aromatic rings. The summed E-state index contributed by atoms with van der Waals surface area (Å²) in [5.41, 5.74) is 1.40. The van der Waals surface area contributed by atoms with Gasteiger partial charge >= 0.3 is 0 Å². The van der Waals surface area contributed by atoms with E-state index >= 15 is 0 Å². The molecule has 6 nitrogen and oxygen atoms in total. The van der Waals surface area contributed by atoms with Crippen LogP contribution in [0.15, 0.2) is 30.6 Å². The van der Waals surface area contributed by atoms with E-state index in [2.05, 4.69) is 0 Å². The van der Waals surface area contributed by atoms with E-state index in [1.807, 2.05) is 0 Å². The molecule has 1 aromatic carbocycles. The Labute approximate surface area is 127 Å². The van der Waals surface area contributed by atoms with Crippen molar-refractivity contribution in [1.29, 1.82) is 0 Å². The van der Waals surface area contributed by atoms with Crippen LogP contribution in [0.2, 0.25) is 0 Å². The van der Waals surface area contributed by atoms with Gasteiger partial charge in [0, 0.05) is 25.2 Å². The summed E-state index contributed by atoms with van der Waals surface area (Å²) in [5.74, 6) is -0.557. The lowest BCUT2D eigenvalue weighted by molar-refractivity contribution is -0.672. The minimum Gasteiger partial charge on any atom is -0.345 e. The fourth-order valence-electron chi connectivity index (χ4n) is 2.67. The number of fused-ring (bicyclic) bond motifs is 2. The highest BCUT2D eigenvalue weighted by Crippen LogP contribution is 2.25. The number of carbonyl (C=O) groups excluding carboxylic acids is 3. The van der Waals surface area contributed by atoms with Gasteiger partial charge in [-0.05, 0) is 0 Å². The van der Waals surface area contributed by atoms with E-state index in [-0.39, 0.29) is 29.7 Å². The maximum absolute atomic E-state index is 12.7. The molecule has 1 aliphatic rings. The molecule has 0 radical (unpaired) electrons. The second-order valence-electron chi connectivity index (χ2n) is 5.54. The fourth-order valence-corrected chi connectivity index (χ4v) is 2.67. The van der Waals surface area contributed by atoms with Crippen LogP contribution in [-0.2, 0) is 18.4 Å². The first kappa shape index (κ1) is 14.2. The quantitative estimate of drug-likeness (QED) is 0.634. The second kappa shape index (κ2) is 4.91. The van der Waals surface area contributed by atoms with Gasteiger partial charge in [0.2, 0.25) is 29.3 Å². The Bertz CT molecular complexity index is 818. The summed E-state index contributed by atoms with van der Waals surface area (Å²) in [7, 11) is 5.01. The maximum Gasteiger partial charge on any atom is 0.264 e. The van der Waals surface area contributed by atoms with E-state index in [4.69, 9.17) is 0 Å². The highest BCUT2D eigenvalue weighted by atomic mass is 16.2. The number of ketones is 2. The fraction of sp³-hybridized carbons (Fsp3) is 0.250. The Morgan fingerprint density at radius 2 is 1.73 bits per heavy atom. The van der Waals surface area contributed by atoms with Gasteiger partial charge in [-0.2, -0.15) is 0 Å². The average molecular weight is 298 g/mol. The zero-order valence-corrected chi connectivity index (χ0v) is 12.7. The molecule has 0 saturated carbocycles. The van der Waals surface area contributed by atoms with Crippen LogP contribution in [0.5, 0.6) is 0 Å². The first-order valence-electron chi connectivity index (χ1n) is 6.89. The third-order valence-electron chi connectivity index (χ3n) is 3.83. The van der Waals surface area contributed by atoms with Crippen LogP contribution < -0.4 is 4.57 Å². The molecule has 6 heteroatoms. The van der Waals surface area contributed by atoms with Gasteiger partial charge < -0.3 is 4.90 Å². The van der Waals surface area contributed by atoms with E-state index in [1.54, 1.807) is 60.9 Å². The number of aromatic nitrogens is 2. The lowest BCUT2D eigenvalue weighted by Crippen LogP contribution is -2.36. The van der Waals surface area contributed by atoms with Crippen molar-refractivity contribution in [3.63, 3.8) is 0 Å². The van der Waals surface area contributed by atoms with Crippen LogP contribution in [0, 0.1) is 0 Å². The van der Waals surface area contributed by atoms with Gasteiger partial charge in [-0.3, -0.25) is 14.4 Å². The van der Waals surface area contributed by atoms with Crippen molar-refractivity contribution in [2.45, 2.75) is 6.54 Å². The average Bonchev–Trinajstić information content (AvgIpc) is 2.81. The smallest absolute Gasteiger partial charge is 0.264 e. The Morgan fingerprint density at radius 3 is 2.32 bits per heavy atom. The first-order valence-corrected chi connectivity index (χ1v) is 6.89. The number of likely N-dealkylation sites (N-methyl/N-ethyl adjacent to an activating group) is 1. The maximum atomic E-state index is 12.7. The number of hydrogen-bond donors (Lipinski definition) is 0. The van der Waals surface area contributed by atoms with Crippen molar-refractivity contribution in [1.82, 2.24) is 9.47 Å². The summed E-state index contributed by atoms with van der Waals surface area (Å²) in [4.78, 5) is 38.7. The Hall–Kier alpha value is -2.76. The molecule has 112 valence electrons. The molecule has 0 fully saturated rings. The number of amides is 1. The molecule has 22 heavy (non-hydrogen) atoms. The van der Waals surface area contributed by atoms with E-state index in [0.29, 0.717) is 16.8 Å². The molecule has 0 spiro atoms. The normalized spacial score (nSPS) is 12.9. The Morgan fingerprint density at radius 1 is 1.14 bits per heavy atom. The number of benzene rings is 1. The van der Waals surface area contributed by atoms with Gasteiger partial charge in [-0.15, -0.1) is 0 Å². The van der Waals surface area contributed by atoms with Crippen molar-refractivity contribution in [3.8, 4) is 0 Å². The molecule has 0 bridgehead atoms. The molecule has 0 atom stereocenters. The standard InChI is InChI=1S/C16H16N3O3/c1-17(2)12(20)8-19-9-18(3)13-14(19)16(22)11-7-5-4-6-10(11)15(13)21/h4-7,9H,8H2,1-3H3/q+1. The molecule has 0 unspecified atom stereocenters. The van der Waals surface area contributed by atoms with Gasteiger partial charge in [-0.1, -0.05) is 24.3 Å². The topological polar surface area (TPSA) is 63.3 Å². The molecule has 1 aromatic heterocycles. The van der Waals surface area contributed by atoms with Crippen LogP contribution in [0.4, 0.5) is 0 Å². The predicted molar refractivity (Wildman–Crippen MR) is 77.6 cm³/mol. The third kappa shape index (κ3) is 1.95. The van der Waals surface area contributed by atoms with Crippen molar-refractivity contribution in [3.05, 3.63) is 53.1 Å². The van der Waals surface area contributed by atoms with Gasteiger partial charge in [0.25, 0.3) is 5.91 Å². The molecule has 3 rings (SSSR count). The SMILES string of the molecule is CN(C)C(=O)Cn1c[n+](C)c2c1C(=O)c1ccccc1C2=O. The van der Waals surface area contributed by atoms with Crippen molar-refractivity contribution in [2.75, 3.05) is 14.1 Å². The zero-order chi connectivity index (χ0) is 16.0. The lowest BCUT2D eigenvalue weighted by atomic mass is 9.90. The van der Waals surface area contributed by atoms with Crippen LogP contribution in [0.3, 0.4) is 0 Å². The minimum atomic E-state index is -0.225. The number of rotatable bonds is 2. The molecule has 1 amide bonds.